The summed E-state index contributed by atoms with van der Waals surface area (Å²) in [4.78, 5) is 14.3. The van der Waals surface area contributed by atoms with Crippen molar-refractivity contribution in [2.24, 2.45) is 11.8 Å². The highest BCUT2D eigenvalue weighted by Crippen LogP contribution is 2.28. The Morgan fingerprint density at radius 3 is 2.78 bits per heavy atom. The summed E-state index contributed by atoms with van der Waals surface area (Å²) in [6.07, 6.45) is 1.06. The molecule has 0 bridgehead atoms. The number of carbonyl (C=O) groups excluding carboxylic acids is 1. The minimum absolute atomic E-state index is 0.0405. The number of nitrogens with zero attached hydrogens (tertiary/aromatic N) is 1. The molecule has 1 unspecified atom stereocenters. The normalized spacial score (nSPS) is 19.6. The summed E-state index contributed by atoms with van der Waals surface area (Å²) in [5, 5.41) is 0.438. The lowest BCUT2D eigenvalue weighted by atomic mass is 9.95. The molecule has 0 radical (unpaired) electrons. The zero-order chi connectivity index (χ0) is 13.3. The molecule has 0 saturated carbocycles. The Morgan fingerprint density at radius 1 is 1.50 bits per heavy atom. The van der Waals surface area contributed by atoms with Crippen LogP contribution >= 0.6 is 11.6 Å². The van der Waals surface area contributed by atoms with Crippen molar-refractivity contribution in [3.8, 4) is 0 Å². The van der Waals surface area contributed by atoms with Crippen molar-refractivity contribution in [1.29, 1.82) is 0 Å². The van der Waals surface area contributed by atoms with E-state index >= 15 is 0 Å². The molecule has 18 heavy (non-hydrogen) atoms. The summed E-state index contributed by atoms with van der Waals surface area (Å²) in [6.45, 7) is 6.00. The Labute approximate surface area is 113 Å². The zero-order valence-electron chi connectivity index (χ0n) is 10.8. The predicted molar refractivity (Wildman–Crippen MR) is 74.7 cm³/mol. The Balaban J connectivity index is 2.18. The van der Waals surface area contributed by atoms with Crippen LogP contribution in [0.1, 0.15) is 30.6 Å². The van der Waals surface area contributed by atoms with Gasteiger partial charge in [0.15, 0.2) is 0 Å². The van der Waals surface area contributed by atoms with Gasteiger partial charge in [-0.05, 0) is 30.4 Å². The van der Waals surface area contributed by atoms with Crippen molar-refractivity contribution in [3.63, 3.8) is 0 Å². The number of carbonyl (C=O) groups is 1. The Kier molecular flexibility index (Phi) is 3.81. The molecule has 1 amide bonds. The quantitative estimate of drug-likeness (QED) is 0.837. The number of anilines is 1. The molecule has 2 N–H and O–H groups in total. The molecule has 98 valence electrons. The van der Waals surface area contributed by atoms with E-state index < -0.39 is 0 Å². The summed E-state index contributed by atoms with van der Waals surface area (Å²) >= 11 is 6.07. The van der Waals surface area contributed by atoms with Crippen LogP contribution in [0.4, 0.5) is 5.69 Å². The van der Waals surface area contributed by atoms with Gasteiger partial charge in [0.25, 0.3) is 5.91 Å². The molecule has 1 aromatic carbocycles. The number of hydrogen-bond donors (Lipinski definition) is 1. The highest BCUT2D eigenvalue weighted by atomic mass is 35.5. The van der Waals surface area contributed by atoms with Crippen molar-refractivity contribution < 1.29 is 4.79 Å². The molecule has 0 aliphatic carbocycles. The first-order chi connectivity index (χ1) is 8.50. The van der Waals surface area contributed by atoms with Crippen LogP contribution in [-0.4, -0.2) is 23.9 Å². The maximum absolute atomic E-state index is 12.4. The number of amides is 1. The Bertz CT molecular complexity index is 439. The van der Waals surface area contributed by atoms with Gasteiger partial charge in [0.1, 0.15) is 0 Å². The SMILES string of the molecule is CC(C)C1CCN(C(=O)c2c(N)cccc2Cl)C1. The maximum atomic E-state index is 12.4. The van der Waals surface area contributed by atoms with Gasteiger partial charge >= 0.3 is 0 Å². The summed E-state index contributed by atoms with van der Waals surface area (Å²) in [5.41, 5.74) is 6.76. The lowest BCUT2D eigenvalue weighted by Crippen LogP contribution is -2.30. The van der Waals surface area contributed by atoms with E-state index in [1.54, 1.807) is 18.2 Å². The summed E-state index contributed by atoms with van der Waals surface area (Å²) in [7, 11) is 0. The van der Waals surface area contributed by atoms with Crippen LogP contribution in [0, 0.1) is 11.8 Å². The molecule has 1 saturated heterocycles. The van der Waals surface area contributed by atoms with Crippen LogP contribution in [0.3, 0.4) is 0 Å². The number of halogens is 1. The van der Waals surface area contributed by atoms with Gasteiger partial charge in [-0.15, -0.1) is 0 Å². The number of hydrogen-bond acceptors (Lipinski definition) is 2. The van der Waals surface area contributed by atoms with Gasteiger partial charge in [0.05, 0.1) is 10.6 Å². The van der Waals surface area contributed by atoms with Crippen LogP contribution in [0.2, 0.25) is 5.02 Å². The van der Waals surface area contributed by atoms with Crippen molar-refractivity contribution in [3.05, 3.63) is 28.8 Å². The van der Waals surface area contributed by atoms with Gasteiger partial charge in [-0.3, -0.25) is 4.79 Å². The average molecular weight is 267 g/mol. The first-order valence-corrected chi connectivity index (χ1v) is 6.71. The van der Waals surface area contributed by atoms with Gasteiger partial charge in [-0.2, -0.15) is 0 Å². The Morgan fingerprint density at radius 2 is 2.22 bits per heavy atom. The van der Waals surface area contributed by atoms with E-state index in [2.05, 4.69) is 13.8 Å². The maximum Gasteiger partial charge on any atom is 0.257 e. The number of benzene rings is 1. The standard InChI is InChI=1S/C14H19ClN2O/c1-9(2)10-6-7-17(8-10)14(18)13-11(15)4-3-5-12(13)16/h3-5,9-10H,6-8,16H2,1-2H3. The number of nitrogens with two attached hydrogens (primary N) is 1. The number of rotatable bonds is 2. The minimum atomic E-state index is -0.0405. The van der Waals surface area contributed by atoms with Crippen LogP contribution in [0.5, 0.6) is 0 Å². The fourth-order valence-corrected chi connectivity index (χ4v) is 2.70. The molecule has 2 rings (SSSR count). The molecule has 1 heterocycles. The molecule has 3 nitrogen and oxygen atoms in total. The highest BCUT2D eigenvalue weighted by Gasteiger charge is 2.30. The molecule has 0 spiro atoms. The fraction of sp³-hybridized carbons (Fsp3) is 0.500. The van der Waals surface area contributed by atoms with Crippen LogP contribution in [0.15, 0.2) is 18.2 Å². The van der Waals surface area contributed by atoms with Crippen molar-refractivity contribution >= 4 is 23.2 Å². The molecule has 4 heteroatoms. The summed E-state index contributed by atoms with van der Waals surface area (Å²) in [6, 6.07) is 5.19. The van der Waals surface area contributed by atoms with Gasteiger partial charge in [-0.25, -0.2) is 0 Å². The van der Waals surface area contributed by atoms with Crippen molar-refractivity contribution in [2.75, 3.05) is 18.8 Å². The van der Waals surface area contributed by atoms with Crippen molar-refractivity contribution in [2.45, 2.75) is 20.3 Å². The lowest BCUT2D eigenvalue weighted by molar-refractivity contribution is 0.0785. The van der Waals surface area contributed by atoms with Gasteiger partial charge < -0.3 is 10.6 Å². The van der Waals surface area contributed by atoms with E-state index in [-0.39, 0.29) is 5.91 Å². The Hall–Kier alpha value is -1.22. The topological polar surface area (TPSA) is 46.3 Å². The average Bonchev–Trinajstić information content (AvgIpc) is 2.77. The lowest BCUT2D eigenvalue weighted by Gasteiger charge is -2.19. The molecule has 0 aromatic heterocycles. The van der Waals surface area contributed by atoms with E-state index in [4.69, 9.17) is 17.3 Å². The summed E-state index contributed by atoms with van der Waals surface area (Å²) < 4.78 is 0. The molecule has 1 aliphatic rings. The van der Waals surface area contributed by atoms with E-state index in [9.17, 15) is 4.79 Å². The van der Waals surface area contributed by atoms with E-state index in [1.165, 1.54) is 0 Å². The minimum Gasteiger partial charge on any atom is -0.398 e. The fourth-order valence-electron chi connectivity index (χ4n) is 2.44. The number of nitrogen functional groups attached to an aromatic ring is 1. The van der Waals surface area contributed by atoms with Gasteiger partial charge in [0.2, 0.25) is 0 Å². The van der Waals surface area contributed by atoms with Crippen molar-refractivity contribution in [1.82, 2.24) is 4.90 Å². The molecule has 1 atom stereocenters. The zero-order valence-corrected chi connectivity index (χ0v) is 11.6. The third kappa shape index (κ3) is 2.46. The molecule has 1 fully saturated rings. The van der Waals surface area contributed by atoms with E-state index in [1.807, 2.05) is 4.90 Å². The monoisotopic (exact) mass is 266 g/mol. The number of likely N-dealkylation sites (tertiary alicyclic amines) is 1. The smallest absolute Gasteiger partial charge is 0.257 e. The van der Waals surface area contributed by atoms with E-state index in [0.29, 0.717) is 28.1 Å². The second-order valence-electron chi connectivity index (χ2n) is 5.25. The first-order valence-electron chi connectivity index (χ1n) is 6.34. The third-order valence-electron chi connectivity index (χ3n) is 3.71. The molecule has 1 aromatic rings. The summed E-state index contributed by atoms with van der Waals surface area (Å²) in [5.74, 6) is 1.14. The van der Waals surface area contributed by atoms with Crippen LogP contribution < -0.4 is 5.73 Å². The van der Waals surface area contributed by atoms with Crippen LogP contribution in [-0.2, 0) is 0 Å². The predicted octanol–water partition coefficient (Wildman–Crippen LogP) is 3.04. The van der Waals surface area contributed by atoms with Gasteiger partial charge in [0, 0.05) is 18.8 Å². The highest BCUT2D eigenvalue weighted by molar-refractivity contribution is 6.34. The van der Waals surface area contributed by atoms with Gasteiger partial charge in [-0.1, -0.05) is 31.5 Å². The molecular weight excluding hydrogens is 248 g/mol. The molecular formula is C14H19ClN2O. The van der Waals surface area contributed by atoms with Crippen LogP contribution in [0.25, 0.3) is 0 Å². The van der Waals surface area contributed by atoms with E-state index in [0.717, 1.165) is 19.5 Å². The molecule has 1 aliphatic heterocycles. The second-order valence-corrected chi connectivity index (χ2v) is 5.66. The third-order valence-corrected chi connectivity index (χ3v) is 4.03. The largest absolute Gasteiger partial charge is 0.398 e. The second kappa shape index (κ2) is 5.19. The first kappa shape index (κ1) is 13.2.